The number of hydrogen-bond acceptors (Lipinski definition) is 4. The topological polar surface area (TPSA) is 58.4 Å². The SMILES string of the molecule is CN(C(=S)Nc1ccc(Sc2ccc([N+](=O)[O-])cc2)cc1)C1CCCCC1. The first-order valence-corrected chi connectivity index (χ1v) is 10.3. The van der Waals surface area contributed by atoms with Gasteiger partial charge in [-0.15, -0.1) is 0 Å². The standard InChI is InChI=1S/C20H23N3O2S2/c1-22(16-5-3-2-4-6-16)20(26)21-15-7-11-18(12-8-15)27-19-13-9-17(10-14-19)23(24)25/h7-14,16H,2-6H2,1H3,(H,21,26). The number of nitro benzene ring substituents is 1. The van der Waals surface area contributed by atoms with Crippen molar-refractivity contribution in [3.8, 4) is 0 Å². The van der Waals surface area contributed by atoms with Crippen LogP contribution in [0.1, 0.15) is 32.1 Å². The zero-order valence-corrected chi connectivity index (χ0v) is 16.9. The smallest absolute Gasteiger partial charge is 0.269 e. The van der Waals surface area contributed by atoms with E-state index in [9.17, 15) is 10.1 Å². The highest BCUT2D eigenvalue weighted by Crippen LogP contribution is 2.30. The van der Waals surface area contributed by atoms with Crippen LogP contribution in [0.25, 0.3) is 0 Å². The Bertz CT molecular complexity index is 788. The number of hydrogen-bond donors (Lipinski definition) is 1. The summed E-state index contributed by atoms with van der Waals surface area (Å²) in [5.74, 6) is 0. The molecule has 0 saturated heterocycles. The van der Waals surface area contributed by atoms with Gasteiger partial charge in [0.2, 0.25) is 0 Å². The van der Waals surface area contributed by atoms with E-state index in [-0.39, 0.29) is 10.6 Å². The van der Waals surface area contributed by atoms with Crippen molar-refractivity contribution in [3.63, 3.8) is 0 Å². The Balaban J connectivity index is 1.56. The van der Waals surface area contributed by atoms with Gasteiger partial charge in [0, 0.05) is 40.7 Å². The first-order chi connectivity index (χ1) is 13.0. The molecule has 142 valence electrons. The maximum absolute atomic E-state index is 10.7. The number of anilines is 1. The number of benzene rings is 2. The van der Waals surface area contributed by atoms with Gasteiger partial charge in [-0.05, 0) is 61.5 Å². The van der Waals surface area contributed by atoms with Gasteiger partial charge in [0.25, 0.3) is 5.69 Å². The molecule has 7 heteroatoms. The summed E-state index contributed by atoms with van der Waals surface area (Å²) in [6, 6.07) is 15.2. The van der Waals surface area contributed by atoms with Gasteiger partial charge in [-0.3, -0.25) is 10.1 Å². The fourth-order valence-electron chi connectivity index (χ4n) is 3.22. The predicted molar refractivity (Wildman–Crippen MR) is 115 cm³/mol. The average molecular weight is 402 g/mol. The molecule has 1 saturated carbocycles. The summed E-state index contributed by atoms with van der Waals surface area (Å²) in [4.78, 5) is 14.6. The van der Waals surface area contributed by atoms with E-state index in [4.69, 9.17) is 12.2 Å². The molecule has 0 amide bonds. The Morgan fingerprint density at radius 3 is 2.19 bits per heavy atom. The molecule has 0 heterocycles. The van der Waals surface area contributed by atoms with Gasteiger partial charge in [0.15, 0.2) is 5.11 Å². The second-order valence-electron chi connectivity index (χ2n) is 6.71. The average Bonchev–Trinajstić information content (AvgIpc) is 2.70. The Hall–Kier alpha value is -2.12. The minimum absolute atomic E-state index is 0.106. The number of rotatable bonds is 5. The Kier molecular flexibility index (Phi) is 6.68. The minimum Gasteiger partial charge on any atom is -0.349 e. The van der Waals surface area contributed by atoms with Crippen LogP contribution in [0.3, 0.4) is 0 Å². The number of non-ortho nitro benzene ring substituents is 1. The number of nitro groups is 1. The van der Waals surface area contributed by atoms with Crippen molar-refractivity contribution < 1.29 is 4.92 Å². The van der Waals surface area contributed by atoms with E-state index < -0.39 is 0 Å². The van der Waals surface area contributed by atoms with E-state index in [0.717, 1.165) is 20.6 Å². The van der Waals surface area contributed by atoms with Gasteiger partial charge in [-0.25, -0.2) is 0 Å². The minimum atomic E-state index is -0.387. The van der Waals surface area contributed by atoms with Gasteiger partial charge in [0.1, 0.15) is 0 Å². The molecule has 0 aromatic heterocycles. The Morgan fingerprint density at radius 1 is 1.07 bits per heavy atom. The van der Waals surface area contributed by atoms with Crippen LogP contribution in [-0.2, 0) is 0 Å². The van der Waals surface area contributed by atoms with Crippen LogP contribution in [0.5, 0.6) is 0 Å². The lowest BCUT2D eigenvalue weighted by atomic mass is 9.95. The molecule has 27 heavy (non-hydrogen) atoms. The summed E-state index contributed by atoms with van der Waals surface area (Å²) in [7, 11) is 2.07. The summed E-state index contributed by atoms with van der Waals surface area (Å²) in [6.07, 6.45) is 6.32. The molecule has 1 aliphatic carbocycles. The van der Waals surface area contributed by atoms with E-state index in [1.807, 2.05) is 24.3 Å². The maximum Gasteiger partial charge on any atom is 0.269 e. The summed E-state index contributed by atoms with van der Waals surface area (Å²) in [6.45, 7) is 0. The zero-order chi connectivity index (χ0) is 19.2. The van der Waals surface area contributed by atoms with Crippen molar-refractivity contribution in [3.05, 3.63) is 58.6 Å². The van der Waals surface area contributed by atoms with Crippen molar-refractivity contribution in [1.82, 2.24) is 4.90 Å². The highest BCUT2D eigenvalue weighted by Gasteiger charge is 2.19. The van der Waals surface area contributed by atoms with Gasteiger partial charge >= 0.3 is 0 Å². The lowest BCUT2D eigenvalue weighted by Gasteiger charge is -2.33. The van der Waals surface area contributed by atoms with Gasteiger partial charge in [0.05, 0.1) is 4.92 Å². The monoisotopic (exact) mass is 401 g/mol. The Morgan fingerprint density at radius 2 is 1.63 bits per heavy atom. The molecule has 5 nitrogen and oxygen atoms in total. The van der Waals surface area contributed by atoms with Crippen LogP contribution >= 0.6 is 24.0 Å². The van der Waals surface area contributed by atoms with Crippen molar-refractivity contribution in [2.45, 2.75) is 47.9 Å². The third kappa shape index (κ3) is 5.43. The van der Waals surface area contributed by atoms with Crippen molar-refractivity contribution >= 4 is 40.5 Å². The molecular formula is C20H23N3O2S2. The van der Waals surface area contributed by atoms with Crippen LogP contribution < -0.4 is 5.32 Å². The molecule has 0 radical (unpaired) electrons. The lowest BCUT2D eigenvalue weighted by Crippen LogP contribution is -2.40. The zero-order valence-electron chi connectivity index (χ0n) is 15.3. The van der Waals surface area contributed by atoms with Crippen molar-refractivity contribution in [2.75, 3.05) is 12.4 Å². The molecule has 1 N–H and O–H groups in total. The van der Waals surface area contributed by atoms with E-state index >= 15 is 0 Å². The highest BCUT2D eigenvalue weighted by molar-refractivity contribution is 7.99. The lowest BCUT2D eigenvalue weighted by molar-refractivity contribution is -0.384. The summed E-state index contributed by atoms with van der Waals surface area (Å²) in [5, 5.41) is 14.8. The fourth-order valence-corrected chi connectivity index (χ4v) is 4.31. The van der Waals surface area contributed by atoms with Crippen LogP contribution in [0, 0.1) is 10.1 Å². The molecule has 3 rings (SSSR count). The molecule has 2 aromatic rings. The van der Waals surface area contributed by atoms with Gasteiger partial charge in [-0.2, -0.15) is 0 Å². The third-order valence-electron chi connectivity index (χ3n) is 4.83. The number of nitrogens with zero attached hydrogens (tertiary/aromatic N) is 2. The second-order valence-corrected chi connectivity index (χ2v) is 8.24. The van der Waals surface area contributed by atoms with Gasteiger partial charge < -0.3 is 10.2 Å². The fraction of sp³-hybridized carbons (Fsp3) is 0.350. The molecule has 0 aliphatic heterocycles. The first-order valence-electron chi connectivity index (χ1n) is 9.09. The Labute approximate surface area is 169 Å². The van der Waals surface area contributed by atoms with Crippen LogP contribution in [0.4, 0.5) is 11.4 Å². The summed E-state index contributed by atoms with van der Waals surface area (Å²) in [5.41, 5.74) is 1.07. The molecule has 1 fully saturated rings. The van der Waals surface area contributed by atoms with E-state index in [1.165, 1.54) is 44.2 Å². The second kappa shape index (κ2) is 9.19. The van der Waals surface area contributed by atoms with Crippen molar-refractivity contribution in [1.29, 1.82) is 0 Å². The van der Waals surface area contributed by atoms with Gasteiger partial charge in [-0.1, -0.05) is 31.0 Å². The molecule has 0 atom stereocenters. The molecule has 0 unspecified atom stereocenters. The molecule has 2 aromatic carbocycles. The number of nitrogens with one attached hydrogen (secondary N) is 1. The quantitative estimate of drug-likeness (QED) is 0.393. The van der Waals surface area contributed by atoms with Crippen molar-refractivity contribution in [2.24, 2.45) is 0 Å². The van der Waals surface area contributed by atoms with Crippen LogP contribution in [0.15, 0.2) is 58.3 Å². The van der Waals surface area contributed by atoms with E-state index in [1.54, 1.807) is 23.9 Å². The number of thiocarbonyl (C=S) groups is 1. The summed E-state index contributed by atoms with van der Waals surface area (Å²) >= 11 is 7.14. The normalized spacial score (nSPS) is 14.6. The molecule has 0 spiro atoms. The molecular weight excluding hydrogens is 378 g/mol. The third-order valence-corrected chi connectivity index (χ3v) is 6.24. The summed E-state index contributed by atoms with van der Waals surface area (Å²) < 4.78 is 0. The highest BCUT2D eigenvalue weighted by atomic mass is 32.2. The van der Waals surface area contributed by atoms with Crippen LogP contribution in [-0.4, -0.2) is 28.0 Å². The van der Waals surface area contributed by atoms with E-state index in [2.05, 4.69) is 17.3 Å². The molecule has 1 aliphatic rings. The van der Waals surface area contributed by atoms with Crippen LogP contribution in [0.2, 0.25) is 0 Å². The van der Waals surface area contributed by atoms with E-state index in [0.29, 0.717) is 6.04 Å². The maximum atomic E-state index is 10.7. The molecule has 0 bridgehead atoms. The largest absolute Gasteiger partial charge is 0.349 e. The first kappa shape index (κ1) is 19.6. The predicted octanol–water partition coefficient (Wildman–Crippen LogP) is 5.71.